The van der Waals surface area contributed by atoms with Gasteiger partial charge in [0.2, 0.25) is 0 Å². The molecule has 0 saturated carbocycles. The van der Waals surface area contributed by atoms with Crippen LogP contribution in [0.5, 0.6) is 0 Å². The van der Waals surface area contributed by atoms with E-state index in [1.165, 1.54) is 13.8 Å². The fraction of sp³-hybridized carbons (Fsp3) is 0.667. The molecule has 0 rings (SSSR count). The maximum absolute atomic E-state index is 11.4. The topological polar surface area (TPSA) is 116 Å². The highest BCUT2D eigenvalue weighted by Gasteiger charge is 2.18. The first-order chi connectivity index (χ1) is 9.31. The van der Waals surface area contributed by atoms with Crippen molar-refractivity contribution in [2.75, 3.05) is 13.2 Å². The molecule has 0 spiro atoms. The van der Waals surface area contributed by atoms with E-state index in [0.717, 1.165) is 0 Å². The Morgan fingerprint density at radius 3 is 1.85 bits per heavy atom. The Bertz CT molecular complexity index is 344. The summed E-state index contributed by atoms with van der Waals surface area (Å²) in [5, 5.41) is 8.43. The summed E-state index contributed by atoms with van der Waals surface area (Å²) in [6.45, 7) is 1.93. The third-order valence-electron chi connectivity index (χ3n) is 2.01. The SMILES string of the molecule is CC(=O)OCC(COC(C)=O)OC(=O)CCCC(=O)O. The Morgan fingerprint density at radius 1 is 0.950 bits per heavy atom. The highest BCUT2D eigenvalue weighted by molar-refractivity contribution is 5.71. The molecule has 20 heavy (non-hydrogen) atoms. The van der Waals surface area contributed by atoms with Crippen LogP contribution in [0.1, 0.15) is 33.1 Å². The molecule has 0 aliphatic heterocycles. The van der Waals surface area contributed by atoms with Gasteiger partial charge in [-0.25, -0.2) is 0 Å². The smallest absolute Gasteiger partial charge is 0.306 e. The molecule has 1 N–H and O–H groups in total. The normalized spacial score (nSPS) is 9.95. The van der Waals surface area contributed by atoms with Gasteiger partial charge in [-0.2, -0.15) is 0 Å². The van der Waals surface area contributed by atoms with Crippen molar-refractivity contribution in [1.82, 2.24) is 0 Å². The molecule has 8 heteroatoms. The highest BCUT2D eigenvalue weighted by atomic mass is 16.6. The summed E-state index contributed by atoms with van der Waals surface area (Å²) in [6, 6.07) is 0. The molecule has 0 bridgehead atoms. The first-order valence-electron chi connectivity index (χ1n) is 5.99. The van der Waals surface area contributed by atoms with Crippen molar-refractivity contribution in [3.8, 4) is 0 Å². The lowest BCUT2D eigenvalue weighted by Crippen LogP contribution is -2.30. The Kier molecular flexibility index (Phi) is 8.73. The molecule has 0 aromatic rings. The van der Waals surface area contributed by atoms with Gasteiger partial charge in [-0.3, -0.25) is 19.2 Å². The molecule has 0 aromatic heterocycles. The second-order valence-corrected chi connectivity index (χ2v) is 3.96. The van der Waals surface area contributed by atoms with E-state index in [9.17, 15) is 19.2 Å². The summed E-state index contributed by atoms with van der Waals surface area (Å²) >= 11 is 0. The summed E-state index contributed by atoms with van der Waals surface area (Å²) < 4.78 is 14.3. The first kappa shape index (κ1) is 17.9. The number of carbonyl (C=O) groups excluding carboxylic acids is 3. The van der Waals surface area contributed by atoms with E-state index in [2.05, 4.69) is 9.47 Å². The minimum Gasteiger partial charge on any atom is -0.481 e. The zero-order valence-electron chi connectivity index (χ0n) is 11.4. The molecule has 0 saturated heterocycles. The zero-order valence-corrected chi connectivity index (χ0v) is 11.4. The van der Waals surface area contributed by atoms with Crippen LogP contribution in [0, 0.1) is 0 Å². The average molecular weight is 290 g/mol. The van der Waals surface area contributed by atoms with Crippen molar-refractivity contribution in [1.29, 1.82) is 0 Å². The van der Waals surface area contributed by atoms with Crippen LogP contribution in [0.25, 0.3) is 0 Å². The Morgan fingerprint density at radius 2 is 1.45 bits per heavy atom. The van der Waals surface area contributed by atoms with Crippen LogP contribution in [0.4, 0.5) is 0 Å². The minimum atomic E-state index is -1.01. The van der Waals surface area contributed by atoms with E-state index < -0.39 is 30.0 Å². The Labute approximate surface area is 116 Å². The molecule has 0 heterocycles. The van der Waals surface area contributed by atoms with E-state index >= 15 is 0 Å². The molecular formula is C12H18O8. The number of ether oxygens (including phenoxy) is 3. The van der Waals surface area contributed by atoms with Crippen LogP contribution in [0.15, 0.2) is 0 Å². The Hall–Kier alpha value is -2.12. The lowest BCUT2D eigenvalue weighted by atomic mass is 10.2. The molecule has 8 nitrogen and oxygen atoms in total. The predicted molar refractivity (Wildman–Crippen MR) is 64.6 cm³/mol. The lowest BCUT2D eigenvalue weighted by Gasteiger charge is -2.17. The fourth-order valence-corrected chi connectivity index (χ4v) is 1.17. The number of aliphatic carboxylic acids is 1. The number of rotatable bonds is 9. The van der Waals surface area contributed by atoms with Crippen LogP contribution in [0.2, 0.25) is 0 Å². The molecule has 0 aliphatic carbocycles. The van der Waals surface area contributed by atoms with E-state index in [0.29, 0.717) is 0 Å². The van der Waals surface area contributed by atoms with E-state index in [1.807, 2.05) is 0 Å². The van der Waals surface area contributed by atoms with Gasteiger partial charge in [-0.05, 0) is 6.42 Å². The number of hydrogen-bond acceptors (Lipinski definition) is 7. The average Bonchev–Trinajstić information content (AvgIpc) is 2.31. The largest absolute Gasteiger partial charge is 0.481 e. The molecule has 0 unspecified atom stereocenters. The van der Waals surface area contributed by atoms with Crippen molar-refractivity contribution in [2.45, 2.75) is 39.2 Å². The van der Waals surface area contributed by atoms with Gasteiger partial charge >= 0.3 is 23.9 Å². The summed E-state index contributed by atoms with van der Waals surface area (Å²) in [5.74, 6) is -2.76. The van der Waals surface area contributed by atoms with Gasteiger partial charge in [0.1, 0.15) is 13.2 Å². The number of esters is 3. The predicted octanol–water partition coefficient (Wildman–Crippen LogP) is 0.279. The molecule has 0 fully saturated rings. The van der Waals surface area contributed by atoms with Crippen LogP contribution in [-0.2, 0) is 33.4 Å². The monoisotopic (exact) mass is 290 g/mol. The van der Waals surface area contributed by atoms with Gasteiger partial charge in [0, 0.05) is 26.7 Å². The summed E-state index contributed by atoms with van der Waals surface area (Å²) in [5.41, 5.74) is 0. The van der Waals surface area contributed by atoms with E-state index in [1.54, 1.807) is 0 Å². The Balaban J connectivity index is 4.16. The minimum absolute atomic E-state index is 0.0804. The number of carboxylic acids is 1. The molecular weight excluding hydrogens is 272 g/mol. The fourth-order valence-electron chi connectivity index (χ4n) is 1.17. The van der Waals surface area contributed by atoms with Gasteiger partial charge < -0.3 is 19.3 Å². The van der Waals surface area contributed by atoms with Crippen molar-refractivity contribution in [3.63, 3.8) is 0 Å². The second-order valence-electron chi connectivity index (χ2n) is 3.96. The zero-order chi connectivity index (χ0) is 15.5. The quantitative estimate of drug-likeness (QED) is 0.475. The second kappa shape index (κ2) is 9.76. The molecule has 0 atom stereocenters. The first-order valence-corrected chi connectivity index (χ1v) is 5.99. The van der Waals surface area contributed by atoms with Gasteiger partial charge in [-0.1, -0.05) is 0 Å². The van der Waals surface area contributed by atoms with Crippen molar-refractivity contribution in [2.24, 2.45) is 0 Å². The third-order valence-corrected chi connectivity index (χ3v) is 2.01. The third kappa shape index (κ3) is 11.0. The number of carbonyl (C=O) groups is 4. The standard InChI is InChI=1S/C12H18O8/c1-8(13)18-6-10(7-19-9(2)14)20-12(17)5-3-4-11(15)16/h10H,3-7H2,1-2H3,(H,15,16). The van der Waals surface area contributed by atoms with Crippen molar-refractivity contribution < 1.29 is 38.5 Å². The van der Waals surface area contributed by atoms with E-state index in [4.69, 9.17) is 9.84 Å². The van der Waals surface area contributed by atoms with E-state index in [-0.39, 0.29) is 32.5 Å². The molecule has 0 aromatic carbocycles. The van der Waals surface area contributed by atoms with Gasteiger partial charge in [-0.15, -0.1) is 0 Å². The number of hydrogen-bond donors (Lipinski definition) is 1. The van der Waals surface area contributed by atoms with Crippen LogP contribution >= 0.6 is 0 Å². The van der Waals surface area contributed by atoms with Crippen molar-refractivity contribution in [3.05, 3.63) is 0 Å². The summed E-state index contributed by atoms with van der Waals surface area (Å²) in [4.78, 5) is 43.1. The molecule has 0 amide bonds. The number of carboxylic acid groups (broad SMARTS) is 1. The molecule has 0 radical (unpaired) electrons. The van der Waals surface area contributed by atoms with Crippen LogP contribution in [-0.4, -0.2) is 48.3 Å². The maximum atomic E-state index is 11.4. The molecule has 114 valence electrons. The lowest BCUT2D eigenvalue weighted by molar-refractivity contribution is -0.165. The van der Waals surface area contributed by atoms with Crippen LogP contribution in [0.3, 0.4) is 0 Å². The maximum Gasteiger partial charge on any atom is 0.306 e. The van der Waals surface area contributed by atoms with Crippen LogP contribution < -0.4 is 0 Å². The molecule has 0 aliphatic rings. The highest BCUT2D eigenvalue weighted by Crippen LogP contribution is 2.03. The van der Waals surface area contributed by atoms with Gasteiger partial charge in [0.25, 0.3) is 0 Å². The van der Waals surface area contributed by atoms with Gasteiger partial charge in [0.05, 0.1) is 0 Å². The summed E-state index contributed by atoms with van der Waals surface area (Å²) in [6.07, 6.45) is -0.987. The van der Waals surface area contributed by atoms with Gasteiger partial charge in [0.15, 0.2) is 6.10 Å². The van der Waals surface area contributed by atoms with Crippen molar-refractivity contribution >= 4 is 23.9 Å². The summed E-state index contributed by atoms with van der Waals surface area (Å²) in [7, 11) is 0.